The summed E-state index contributed by atoms with van der Waals surface area (Å²) in [6, 6.07) is 45.2. The highest BCUT2D eigenvalue weighted by Crippen LogP contribution is 2.67. The van der Waals surface area contributed by atoms with Crippen LogP contribution in [0.15, 0.2) is 134 Å². The van der Waals surface area contributed by atoms with Gasteiger partial charge in [0.1, 0.15) is 39.7 Å². The maximum absolute atomic E-state index is 7.16. The summed E-state index contributed by atoms with van der Waals surface area (Å²) in [5.41, 5.74) is 16.1. The number of pyridine rings is 2. The van der Waals surface area contributed by atoms with Gasteiger partial charge < -0.3 is 4.74 Å². The molecule has 1 unspecified atom stereocenters. The molecule has 2 aromatic heterocycles. The predicted octanol–water partition coefficient (Wildman–Crippen LogP) is 10.2. The summed E-state index contributed by atoms with van der Waals surface area (Å²) in [4.78, 5) is 5.11. The van der Waals surface area contributed by atoms with E-state index in [1.165, 1.54) is 78.8 Å². The van der Waals surface area contributed by atoms with Gasteiger partial charge in [0.05, 0.1) is 23.5 Å². The summed E-state index contributed by atoms with van der Waals surface area (Å²) < 4.78 is 12.4. The van der Waals surface area contributed by atoms with Crippen molar-refractivity contribution in [1.82, 2.24) is 0 Å². The van der Waals surface area contributed by atoms with Crippen molar-refractivity contribution in [3.05, 3.63) is 167 Å². The Morgan fingerprint density at radius 1 is 0.442 bits per heavy atom. The lowest BCUT2D eigenvalue weighted by molar-refractivity contribution is -0.963. The van der Waals surface area contributed by atoms with E-state index in [2.05, 4.69) is 180 Å². The molecule has 0 saturated carbocycles. The second-order valence-corrected chi connectivity index (χ2v) is 16.2. The normalized spacial score (nSPS) is 19.6. The minimum absolute atomic E-state index is 0.227. The zero-order valence-electron chi connectivity index (χ0n) is 29.4. The smallest absolute Gasteiger partial charge is 0.321 e. The third-order valence-electron chi connectivity index (χ3n) is 13.2. The van der Waals surface area contributed by atoms with Crippen molar-refractivity contribution in [2.24, 2.45) is 0 Å². The van der Waals surface area contributed by atoms with Crippen LogP contribution in [0.1, 0.15) is 61.1 Å². The summed E-state index contributed by atoms with van der Waals surface area (Å²) in [6.07, 6.45) is 4.65. The molecule has 6 aliphatic heterocycles. The van der Waals surface area contributed by atoms with E-state index in [1.54, 1.807) is 0 Å². The van der Waals surface area contributed by atoms with Crippen LogP contribution in [0.2, 0.25) is 0 Å². The predicted molar refractivity (Wildman–Crippen MR) is 203 cm³/mol. The van der Waals surface area contributed by atoms with E-state index < -0.39 is 5.66 Å². The van der Waals surface area contributed by atoms with Crippen LogP contribution in [0, 0.1) is 0 Å². The summed E-state index contributed by atoms with van der Waals surface area (Å²) in [5, 5.41) is 0. The molecule has 0 saturated heterocycles. The third-order valence-corrected chi connectivity index (χ3v) is 13.2. The number of benzene rings is 5. The number of rotatable bonds is 0. The van der Waals surface area contributed by atoms with Crippen LogP contribution in [-0.2, 0) is 16.5 Å². The number of para-hydroxylation sites is 2. The number of nitrogens with zero attached hydrogens (tertiary/aromatic N) is 4. The number of hydrogen-bond donors (Lipinski definition) is 0. The van der Waals surface area contributed by atoms with E-state index in [0.29, 0.717) is 0 Å². The van der Waals surface area contributed by atoms with Crippen molar-refractivity contribution in [2.75, 3.05) is 9.80 Å². The van der Waals surface area contributed by atoms with Gasteiger partial charge in [0.2, 0.25) is 0 Å². The Morgan fingerprint density at radius 3 is 1.77 bits per heavy atom. The molecule has 0 aliphatic carbocycles. The van der Waals surface area contributed by atoms with Crippen LogP contribution < -0.4 is 23.7 Å². The van der Waals surface area contributed by atoms with Crippen molar-refractivity contribution in [1.29, 1.82) is 0 Å². The van der Waals surface area contributed by atoms with Crippen molar-refractivity contribution < 1.29 is 13.9 Å². The molecule has 1 spiro atoms. The summed E-state index contributed by atoms with van der Waals surface area (Å²) in [7, 11) is 0. The highest BCUT2D eigenvalue weighted by Gasteiger charge is 2.69. The van der Waals surface area contributed by atoms with Gasteiger partial charge in [-0.25, -0.2) is 0 Å². The van der Waals surface area contributed by atoms with Crippen LogP contribution in [0.5, 0.6) is 11.5 Å². The largest absolute Gasteiger partial charge is 0.456 e. The molecule has 7 aromatic rings. The highest BCUT2D eigenvalue weighted by atomic mass is 16.5. The topological polar surface area (TPSA) is 23.5 Å². The zero-order chi connectivity index (χ0) is 34.5. The Balaban J connectivity index is 1.30. The molecule has 5 aromatic carbocycles. The molecule has 8 heterocycles. The summed E-state index contributed by atoms with van der Waals surface area (Å²) >= 11 is 0. The maximum Gasteiger partial charge on any atom is 0.321 e. The van der Waals surface area contributed by atoms with Gasteiger partial charge in [-0.15, -0.1) is 0 Å². The van der Waals surface area contributed by atoms with Crippen LogP contribution in [-0.4, -0.2) is 0 Å². The van der Waals surface area contributed by atoms with Crippen LogP contribution >= 0.6 is 0 Å². The summed E-state index contributed by atoms with van der Waals surface area (Å²) in [5.74, 6) is 4.19. The molecule has 0 amide bonds. The molecule has 0 N–H and O–H groups in total. The summed E-state index contributed by atoms with van der Waals surface area (Å²) in [6.45, 7) is 9.57. The van der Waals surface area contributed by atoms with E-state index in [0.717, 1.165) is 22.7 Å². The number of ether oxygens (including phenoxy) is 1. The molecule has 0 radical (unpaired) electrons. The first kappa shape index (κ1) is 27.5. The van der Waals surface area contributed by atoms with Gasteiger partial charge in [-0.05, 0) is 65.7 Å². The second kappa shape index (κ2) is 8.46. The fourth-order valence-electron chi connectivity index (χ4n) is 11.0. The lowest BCUT2D eigenvalue weighted by Crippen LogP contribution is -2.80. The molecular formula is C47H34N4O+2. The van der Waals surface area contributed by atoms with E-state index in [9.17, 15) is 0 Å². The van der Waals surface area contributed by atoms with Gasteiger partial charge in [-0.3, -0.25) is 0 Å². The number of anilines is 6. The monoisotopic (exact) mass is 670 g/mol. The second-order valence-electron chi connectivity index (χ2n) is 16.2. The number of hydrogen-bond acceptors (Lipinski definition) is 3. The van der Waals surface area contributed by atoms with Crippen LogP contribution in [0.25, 0.3) is 22.3 Å². The van der Waals surface area contributed by atoms with E-state index in [-0.39, 0.29) is 10.8 Å². The molecule has 52 heavy (non-hydrogen) atoms. The SMILES string of the molecule is CC1(C)c2ccccc2N2c3cccc4c3C3(c5c(ccc6c5N5c7c(cccc7C(C)(C)c7ccc[n+]3c75)-c3ccccc3-6)O4)[n+]3cccc1c32. The van der Waals surface area contributed by atoms with Gasteiger partial charge in [0, 0.05) is 33.1 Å². The maximum atomic E-state index is 7.16. The highest BCUT2D eigenvalue weighted by molar-refractivity contribution is 6.07. The first-order valence-corrected chi connectivity index (χ1v) is 18.4. The fraction of sp³-hybridized carbons (Fsp3) is 0.149. The molecule has 246 valence electrons. The van der Waals surface area contributed by atoms with Gasteiger partial charge >= 0.3 is 5.66 Å². The van der Waals surface area contributed by atoms with Gasteiger partial charge in [0.15, 0.2) is 5.69 Å². The lowest BCUT2D eigenvalue weighted by Gasteiger charge is -2.50. The van der Waals surface area contributed by atoms with E-state index >= 15 is 0 Å². The first-order valence-electron chi connectivity index (χ1n) is 18.4. The first-order chi connectivity index (χ1) is 25.3. The molecule has 1 atom stereocenters. The van der Waals surface area contributed by atoms with Crippen molar-refractivity contribution in [3.63, 3.8) is 0 Å². The lowest BCUT2D eigenvalue weighted by atomic mass is 9.70. The molecular weight excluding hydrogens is 637 g/mol. The van der Waals surface area contributed by atoms with Gasteiger partial charge in [-0.2, -0.15) is 18.9 Å². The van der Waals surface area contributed by atoms with Crippen LogP contribution in [0.3, 0.4) is 0 Å². The van der Waals surface area contributed by atoms with Crippen molar-refractivity contribution >= 4 is 34.4 Å². The molecule has 0 bridgehead atoms. The van der Waals surface area contributed by atoms with Gasteiger partial charge in [0.25, 0.3) is 11.6 Å². The van der Waals surface area contributed by atoms with Gasteiger partial charge in [-0.1, -0.05) is 94.4 Å². The molecule has 5 heteroatoms. The molecule has 5 nitrogen and oxygen atoms in total. The minimum atomic E-state index is -0.793. The number of fused-ring (bicyclic) bond motifs is 6. The van der Waals surface area contributed by atoms with E-state index in [1.807, 2.05) is 0 Å². The third kappa shape index (κ3) is 2.69. The quantitative estimate of drug-likeness (QED) is 0.150. The Labute approximate surface area is 302 Å². The molecule has 13 rings (SSSR count). The standard InChI is InChI=1S/C47H34N4O/c1-45(2)31-16-7-8-20-35(31)50-36-21-10-22-37-39(36)47(48-25-11-18-33(45)43(48)50)40-38(52-37)24-23-30-28-14-6-5-13-27(28)29-15-9-17-32-41(29)51(42(30)40)44-34(46(32,3)4)19-12-26-49(44)47/h5-26H,1-4H3/q+2. The average molecular weight is 671 g/mol. The molecule has 0 fully saturated rings. The molecule has 6 aliphatic rings. The van der Waals surface area contributed by atoms with Crippen molar-refractivity contribution in [3.8, 4) is 33.8 Å². The Kier molecular flexibility index (Phi) is 4.48. The van der Waals surface area contributed by atoms with Crippen LogP contribution in [0.4, 0.5) is 34.4 Å². The van der Waals surface area contributed by atoms with Crippen molar-refractivity contribution in [2.45, 2.75) is 44.2 Å². The number of aromatic nitrogens is 2. The average Bonchev–Trinajstić information content (AvgIpc) is 3.29. The fourth-order valence-corrected chi connectivity index (χ4v) is 11.0. The van der Waals surface area contributed by atoms with E-state index in [4.69, 9.17) is 4.74 Å². The Morgan fingerprint density at radius 2 is 1.00 bits per heavy atom. The Bertz CT molecular complexity index is 2870. The minimum Gasteiger partial charge on any atom is -0.456 e. The zero-order valence-corrected chi connectivity index (χ0v) is 29.4. The Hall–Kier alpha value is -6.20.